The topological polar surface area (TPSA) is 121 Å². The highest BCUT2D eigenvalue weighted by Crippen LogP contribution is 2.23. The zero-order valence-electron chi connectivity index (χ0n) is 10.2. The minimum absolute atomic E-state index is 0.0663. The summed E-state index contributed by atoms with van der Waals surface area (Å²) in [5.41, 5.74) is 5.61. The van der Waals surface area contributed by atoms with Crippen LogP contribution in [0.1, 0.15) is 19.8 Å². The van der Waals surface area contributed by atoms with Gasteiger partial charge in [-0.15, -0.1) is 0 Å². The Labute approximate surface area is 105 Å². The lowest BCUT2D eigenvalue weighted by atomic mass is 9.99. The van der Waals surface area contributed by atoms with Gasteiger partial charge in [0.1, 0.15) is 0 Å². The number of carbonyl (C=O) groups is 3. The SMILES string of the molecule is CC1CN(C(=O)C(N)CCC(=O)O)CC1C(=O)O. The first-order chi connectivity index (χ1) is 8.32. The normalized spacial score (nSPS) is 24.9. The summed E-state index contributed by atoms with van der Waals surface area (Å²) in [7, 11) is 0. The molecule has 0 aliphatic carbocycles. The molecular weight excluding hydrogens is 240 g/mol. The highest BCUT2D eigenvalue weighted by atomic mass is 16.4. The van der Waals surface area contributed by atoms with E-state index in [1.807, 2.05) is 0 Å². The average molecular weight is 258 g/mol. The van der Waals surface area contributed by atoms with Gasteiger partial charge in [0, 0.05) is 19.5 Å². The summed E-state index contributed by atoms with van der Waals surface area (Å²) >= 11 is 0. The van der Waals surface area contributed by atoms with Crippen molar-refractivity contribution in [3.63, 3.8) is 0 Å². The number of hydrogen-bond acceptors (Lipinski definition) is 4. The fraction of sp³-hybridized carbons (Fsp3) is 0.727. The van der Waals surface area contributed by atoms with Crippen molar-refractivity contribution in [2.45, 2.75) is 25.8 Å². The minimum atomic E-state index is -1.00. The molecule has 4 N–H and O–H groups in total. The van der Waals surface area contributed by atoms with Gasteiger partial charge in [-0.05, 0) is 12.3 Å². The van der Waals surface area contributed by atoms with Crippen molar-refractivity contribution < 1.29 is 24.6 Å². The van der Waals surface area contributed by atoms with Gasteiger partial charge in [-0.3, -0.25) is 14.4 Å². The number of carboxylic acids is 2. The van der Waals surface area contributed by atoms with Crippen LogP contribution < -0.4 is 5.73 Å². The molecule has 102 valence electrons. The van der Waals surface area contributed by atoms with Crippen LogP contribution in [0.4, 0.5) is 0 Å². The zero-order chi connectivity index (χ0) is 13.9. The largest absolute Gasteiger partial charge is 0.481 e. The van der Waals surface area contributed by atoms with E-state index in [1.165, 1.54) is 4.90 Å². The van der Waals surface area contributed by atoms with E-state index in [4.69, 9.17) is 15.9 Å². The number of amides is 1. The molecule has 3 unspecified atom stereocenters. The van der Waals surface area contributed by atoms with Crippen molar-refractivity contribution in [3.8, 4) is 0 Å². The van der Waals surface area contributed by atoms with Crippen LogP contribution in [0.2, 0.25) is 0 Å². The lowest BCUT2D eigenvalue weighted by molar-refractivity contribution is -0.142. The molecule has 1 fully saturated rings. The molecule has 7 heteroatoms. The van der Waals surface area contributed by atoms with Crippen molar-refractivity contribution >= 4 is 17.8 Å². The van der Waals surface area contributed by atoms with Crippen LogP contribution in [-0.4, -0.2) is 52.1 Å². The Hall–Kier alpha value is -1.63. The summed E-state index contributed by atoms with van der Waals surface area (Å²) in [6.45, 7) is 2.28. The molecule has 1 rings (SSSR count). The highest BCUT2D eigenvalue weighted by Gasteiger charge is 2.38. The molecule has 18 heavy (non-hydrogen) atoms. The van der Waals surface area contributed by atoms with Crippen LogP contribution in [0.3, 0.4) is 0 Å². The van der Waals surface area contributed by atoms with Crippen LogP contribution in [0.15, 0.2) is 0 Å². The standard InChI is InChI=1S/C11H18N2O5/c1-6-4-13(5-7(6)11(17)18)10(16)8(12)2-3-9(14)15/h6-8H,2-5,12H2,1H3,(H,14,15)(H,17,18). The van der Waals surface area contributed by atoms with E-state index in [0.717, 1.165) is 0 Å². The monoisotopic (exact) mass is 258 g/mol. The van der Waals surface area contributed by atoms with Gasteiger partial charge in [0.15, 0.2) is 0 Å². The van der Waals surface area contributed by atoms with Crippen LogP contribution in [0.25, 0.3) is 0 Å². The lowest BCUT2D eigenvalue weighted by Crippen LogP contribution is -2.43. The number of nitrogens with two attached hydrogens (primary N) is 1. The van der Waals surface area contributed by atoms with Gasteiger partial charge in [0.2, 0.25) is 5.91 Å². The minimum Gasteiger partial charge on any atom is -0.481 e. The Kier molecular flexibility index (Phi) is 4.66. The molecule has 1 aliphatic rings. The molecule has 0 bridgehead atoms. The first-order valence-electron chi connectivity index (χ1n) is 5.82. The number of rotatable bonds is 5. The van der Waals surface area contributed by atoms with Gasteiger partial charge in [-0.1, -0.05) is 6.92 Å². The number of aliphatic carboxylic acids is 2. The number of carbonyl (C=O) groups excluding carboxylic acids is 1. The second-order valence-corrected chi connectivity index (χ2v) is 4.70. The molecule has 7 nitrogen and oxygen atoms in total. The Morgan fingerprint density at radius 1 is 1.33 bits per heavy atom. The Bertz CT molecular complexity index is 357. The van der Waals surface area contributed by atoms with Gasteiger partial charge in [0.05, 0.1) is 12.0 Å². The fourth-order valence-electron chi connectivity index (χ4n) is 2.11. The number of likely N-dealkylation sites (tertiary alicyclic amines) is 1. The van der Waals surface area contributed by atoms with Crippen LogP contribution >= 0.6 is 0 Å². The Balaban J connectivity index is 2.53. The third-order valence-corrected chi connectivity index (χ3v) is 3.23. The van der Waals surface area contributed by atoms with Crippen molar-refractivity contribution in [2.24, 2.45) is 17.6 Å². The van der Waals surface area contributed by atoms with Crippen molar-refractivity contribution in [2.75, 3.05) is 13.1 Å². The molecule has 0 saturated carbocycles. The van der Waals surface area contributed by atoms with E-state index in [1.54, 1.807) is 6.92 Å². The third kappa shape index (κ3) is 3.43. The summed E-state index contributed by atoms with van der Waals surface area (Å²) < 4.78 is 0. The first kappa shape index (κ1) is 14.4. The summed E-state index contributed by atoms with van der Waals surface area (Å²) in [6.07, 6.45) is -0.102. The second-order valence-electron chi connectivity index (χ2n) is 4.70. The van der Waals surface area contributed by atoms with E-state index in [9.17, 15) is 14.4 Å². The molecule has 0 aromatic carbocycles. The van der Waals surface area contributed by atoms with Gasteiger partial charge >= 0.3 is 11.9 Å². The summed E-state index contributed by atoms with van der Waals surface area (Å²) in [5, 5.41) is 17.5. The van der Waals surface area contributed by atoms with Crippen LogP contribution in [0.5, 0.6) is 0 Å². The highest BCUT2D eigenvalue weighted by molar-refractivity contribution is 5.83. The maximum absolute atomic E-state index is 11.9. The van der Waals surface area contributed by atoms with E-state index in [0.29, 0.717) is 6.54 Å². The van der Waals surface area contributed by atoms with E-state index in [2.05, 4.69) is 0 Å². The molecule has 0 aromatic rings. The summed E-state index contributed by atoms with van der Waals surface area (Å²) in [6, 6.07) is -0.874. The van der Waals surface area contributed by atoms with Crippen molar-refractivity contribution in [3.05, 3.63) is 0 Å². The molecule has 1 heterocycles. The second kappa shape index (κ2) is 5.81. The summed E-state index contributed by atoms with van der Waals surface area (Å²) in [5.74, 6) is -2.97. The number of hydrogen-bond donors (Lipinski definition) is 3. The fourth-order valence-corrected chi connectivity index (χ4v) is 2.11. The van der Waals surface area contributed by atoms with Crippen LogP contribution in [0, 0.1) is 11.8 Å². The van der Waals surface area contributed by atoms with E-state index in [-0.39, 0.29) is 31.2 Å². The predicted octanol–water partition coefficient (Wildman–Crippen LogP) is -0.642. The van der Waals surface area contributed by atoms with E-state index < -0.39 is 23.9 Å². The molecule has 3 atom stereocenters. The Morgan fingerprint density at radius 2 is 1.94 bits per heavy atom. The van der Waals surface area contributed by atoms with Crippen molar-refractivity contribution in [1.29, 1.82) is 0 Å². The lowest BCUT2D eigenvalue weighted by Gasteiger charge is -2.20. The molecule has 1 aliphatic heterocycles. The first-order valence-corrected chi connectivity index (χ1v) is 5.82. The molecular formula is C11H18N2O5. The molecule has 1 saturated heterocycles. The van der Waals surface area contributed by atoms with Crippen molar-refractivity contribution in [1.82, 2.24) is 4.90 Å². The number of carboxylic acid groups (broad SMARTS) is 2. The smallest absolute Gasteiger partial charge is 0.308 e. The number of nitrogens with zero attached hydrogens (tertiary/aromatic N) is 1. The average Bonchev–Trinajstić information content (AvgIpc) is 2.67. The maximum atomic E-state index is 11.9. The zero-order valence-corrected chi connectivity index (χ0v) is 10.2. The molecule has 0 aromatic heterocycles. The Morgan fingerprint density at radius 3 is 2.39 bits per heavy atom. The molecule has 1 amide bonds. The quantitative estimate of drug-likeness (QED) is 0.603. The third-order valence-electron chi connectivity index (χ3n) is 3.23. The molecule has 0 radical (unpaired) electrons. The van der Waals surface area contributed by atoms with Crippen LogP contribution in [-0.2, 0) is 14.4 Å². The van der Waals surface area contributed by atoms with Gasteiger partial charge in [-0.2, -0.15) is 0 Å². The predicted molar refractivity (Wildman–Crippen MR) is 61.7 cm³/mol. The van der Waals surface area contributed by atoms with E-state index >= 15 is 0 Å². The maximum Gasteiger partial charge on any atom is 0.308 e. The van der Waals surface area contributed by atoms with Gasteiger partial charge < -0.3 is 20.8 Å². The van der Waals surface area contributed by atoms with Gasteiger partial charge in [-0.25, -0.2) is 0 Å². The van der Waals surface area contributed by atoms with Gasteiger partial charge in [0.25, 0.3) is 0 Å². The summed E-state index contributed by atoms with van der Waals surface area (Å²) in [4.78, 5) is 34.6. The molecule has 0 spiro atoms.